The number of fused-ring (bicyclic) bond motifs is 1. The number of anilines is 2. The van der Waals surface area contributed by atoms with Crippen molar-refractivity contribution in [3.8, 4) is 0 Å². The summed E-state index contributed by atoms with van der Waals surface area (Å²) in [6.45, 7) is 2.68. The standard InChI is InChI=1S/C13H17N3OS/c14-12-10(3-4-11-13(12)16-8-18-11)15-6-9-2-1-5-17-7-9/h3-4,8-9,15H,1-2,5-7,14H2. The number of nitrogen functional groups attached to an aromatic ring is 1. The lowest BCUT2D eigenvalue weighted by Gasteiger charge is -2.23. The Kier molecular flexibility index (Phi) is 3.34. The van der Waals surface area contributed by atoms with Gasteiger partial charge >= 0.3 is 0 Å². The molecule has 0 amide bonds. The fraction of sp³-hybridized carbons (Fsp3) is 0.462. The first-order chi connectivity index (χ1) is 8.84. The molecule has 1 saturated heterocycles. The molecule has 1 unspecified atom stereocenters. The molecule has 0 saturated carbocycles. The van der Waals surface area contributed by atoms with Crippen LogP contribution in [0.15, 0.2) is 17.6 Å². The van der Waals surface area contributed by atoms with Gasteiger partial charge in [-0.3, -0.25) is 0 Å². The molecule has 3 rings (SSSR count). The van der Waals surface area contributed by atoms with Crippen molar-refractivity contribution in [3.05, 3.63) is 17.6 Å². The average molecular weight is 263 g/mol. The van der Waals surface area contributed by atoms with Gasteiger partial charge in [0.25, 0.3) is 0 Å². The lowest BCUT2D eigenvalue weighted by Crippen LogP contribution is -2.24. The summed E-state index contributed by atoms with van der Waals surface area (Å²) in [6, 6.07) is 4.11. The predicted molar refractivity (Wildman–Crippen MR) is 76.1 cm³/mol. The summed E-state index contributed by atoms with van der Waals surface area (Å²) in [6.07, 6.45) is 2.39. The molecular weight excluding hydrogens is 246 g/mol. The highest BCUT2D eigenvalue weighted by Crippen LogP contribution is 2.30. The number of hydrogen-bond acceptors (Lipinski definition) is 5. The Morgan fingerprint density at radius 2 is 2.44 bits per heavy atom. The van der Waals surface area contributed by atoms with Crippen LogP contribution in [-0.4, -0.2) is 24.7 Å². The molecule has 1 aromatic carbocycles. The van der Waals surface area contributed by atoms with Gasteiger partial charge in [-0.25, -0.2) is 4.98 Å². The van der Waals surface area contributed by atoms with Crippen LogP contribution in [0.2, 0.25) is 0 Å². The number of benzene rings is 1. The second-order valence-electron chi connectivity index (χ2n) is 4.69. The lowest BCUT2D eigenvalue weighted by atomic mass is 10.0. The molecule has 1 atom stereocenters. The van der Waals surface area contributed by atoms with Crippen LogP contribution in [0.25, 0.3) is 10.2 Å². The van der Waals surface area contributed by atoms with E-state index < -0.39 is 0 Å². The average Bonchev–Trinajstić information content (AvgIpc) is 2.88. The van der Waals surface area contributed by atoms with E-state index in [1.165, 1.54) is 6.42 Å². The summed E-state index contributed by atoms with van der Waals surface area (Å²) >= 11 is 1.62. The summed E-state index contributed by atoms with van der Waals surface area (Å²) in [5.41, 5.74) is 10.6. The highest BCUT2D eigenvalue weighted by molar-refractivity contribution is 7.16. The van der Waals surface area contributed by atoms with Gasteiger partial charge in [-0.05, 0) is 30.9 Å². The summed E-state index contributed by atoms with van der Waals surface area (Å²) in [5.74, 6) is 0.587. The summed E-state index contributed by atoms with van der Waals surface area (Å²) in [4.78, 5) is 4.30. The van der Waals surface area contributed by atoms with E-state index in [0.29, 0.717) is 5.92 Å². The van der Waals surface area contributed by atoms with Crippen molar-refractivity contribution in [1.29, 1.82) is 0 Å². The normalized spacial score (nSPS) is 20.1. The second kappa shape index (κ2) is 5.12. The number of aromatic nitrogens is 1. The first-order valence-electron chi connectivity index (χ1n) is 6.28. The highest BCUT2D eigenvalue weighted by Gasteiger charge is 2.14. The molecule has 2 heterocycles. The summed E-state index contributed by atoms with van der Waals surface area (Å²) in [7, 11) is 0. The number of thiazole rings is 1. The molecule has 0 radical (unpaired) electrons. The van der Waals surface area contributed by atoms with Gasteiger partial charge in [0.1, 0.15) is 5.52 Å². The van der Waals surface area contributed by atoms with Crippen molar-refractivity contribution in [1.82, 2.24) is 4.98 Å². The van der Waals surface area contributed by atoms with Crippen LogP contribution >= 0.6 is 11.3 Å². The van der Waals surface area contributed by atoms with Gasteiger partial charge in [0, 0.05) is 13.2 Å². The van der Waals surface area contributed by atoms with Crippen LogP contribution in [-0.2, 0) is 4.74 Å². The summed E-state index contributed by atoms with van der Waals surface area (Å²) in [5, 5.41) is 3.42. The number of nitrogens with two attached hydrogens (primary N) is 1. The van der Waals surface area contributed by atoms with Gasteiger partial charge in [0.2, 0.25) is 0 Å². The molecule has 1 fully saturated rings. The van der Waals surface area contributed by atoms with Crippen LogP contribution in [0.3, 0.4) is 0 Å². The number of rotatable bonds is 3. The van der Waals surface area contributed by atoms with Crippen LogP contribution in [0.4, 0.5) is 11.4 Å². The van der Waals surface area contributed by atoms with Crippen molar-refractivity contribution in [3.63, 3.8) is 0 Å². The molecular formula is C13H17N3OS. The maximum atomic E-state index is 6.13. The molecule has 0 spiro atoms. The minimum absolute atomic E-state index is 0.587. The fourth-order valence-electron chi connectivity index (χ4n) is 2.33. The first-order valence-corrected chi connectivity index (χ1v) is 7.16. The van der Waals surface area contributed by atoms with Crippen molar-refractivity contribution >= 4 is 32.9 Å². The van der Waals surface area contributed by atoms with Crippen molar-refractivity contribution < 1.29 is 4.74 Å². The van der Waals surface area contributed by atoms with Crippen molar-refractivity contribution in [2.45, 2.75) is 12.8 Å². The Morgan fingerprint density at radius 3 is 3.28 bits per heavy atom. The van der Waals surface area contributed by atoms with E-state index in [-0.39, 0.29) is 0 Å². The number of hydrogen-bond donors (Lipinski definition) is 2. The molecule has 0 bridgehead atoms. The zero-order chi connectivity index (χ0) is 12.4. The van der Waals surface area contributed by atoms with E-state index in [0.717, 1.165) is 47.8 Å². The Labute approximate surface area is 110 Å². The lowest BCUT2D eigenvalue weighted by molar-refractivity contribution is 0.0595. The number of nitrogens with one attached hydrogen (secondary N) is 1. The molecule has 5 heteroatoms. The van der Waals surface area contributed by atoms with E-state index >= 15 is 0 Å². The van der Waals surface area contributed by atoms with Crippen LogP contribution in [0.1, 0.15) is 12.8 Å². The van der Waals surface area contributed by atoms with Gasteiger partial charge in [-0.15, -0.1) is 11.3 Å². The Balaban J connectivity index is 1.71. The minimum Gasteiger partial charge on any atom is -0.395 e. The second-order valence-corrected chi connectivity index (χ2v) is 5.58. The van der Waals surface area contributed by atoms with Crippen LogP contribution < -0.4 is 11.1 Å². The first kappa shape index (κ1) is 11.7. The molecule has 4 nitrogen and oxygen atoms in total. The highest BCUT2D eigenvalue weighted by atomic mass is 32.1. The SMILES string of the molecule is Nc1c(NCC2CCCOC2)ccc2scnc12. The molecule has 2 aromatic rings. The monoisotopic (exact) mass is 263 g/mol. The van der Waals surface area contributed by atoms with Crippen molar-refractivity contribution in [2.24, 2.45) is 5.92 Å². The Hall–Kier alpha value is -1.33. The third kappa shape index (κ3) is 2.28. The van der Waals surface area contributed by atoms with Crippen LogP contribution in [0.5, 0.6) is 0 Å². The van der Waals surface area contributed by atoms with E-state index in [1.807, 2.05) is 11.6 Å². The summed E-state index contributed by atoms with van der Waals surface area (Å²) < 4.78 is 6.61. The largest absolute Gasteiger partial charge is 0.395 e. The van der Waals surface area contributed by atoms with Crippen molar-refractivity contribution in [2.75, 3.05) is 30.8 Å². The van der Waals surface area contributed by atoms with E-state index in [9.17, 15) is 0 Å². The van der Waals surface area contributed by atoms with E-state index in [4.69, 9.17) is 10.5 Å². The van der Waals surface area contributed by atoms with Gasteiger partial charge in [0.05, 0.1) is 28.2 Å². The maximum absolute atomic E-state index is 6.13. The van der Waals surface area contributed by atoms with E-state index in [1.54, 1.807) is 11.3 Å². The molecule has 96 valence electrons. The topological polar surface area (TPSA) is 60.2 Å². The Morgan fingerprint density at radius 1 is 1.50 bits per heavy atom. The quantitative estimate of drug-likeness (QED) is 0.836. The van der Waals surface area contributed by atoms with Gasteiger partial charge < -0.3 is 15.8 Å². The molecule has 1 aliphatic heterocycles. The van der Waals surface area contributed by atoms with Gasteiger partial charge in [-0.1, -0.05) is 0 Å². The molecule has 1 aliphatic rings. The van der Waals surface area contributed by atoms with E-state index in [2.05, 4.69) is 16.4 Å². The van der Waals surface area contributed by atoms with Gasteiger partial charge in [0.15, 0.2) is 0 Å². The molecule has 3 N–H and O–H groups in total. The zero-order valence-corrected chi connectivity index (χ0v) is 11.0. The molecule has 0 aliphatic carbocycles. The zero-order valence-electron chi connectivity index (χ0n) is 10.2. The van der Waals surface area contributed by atoms with Crippen LogP contribution in [0, 0.1) is 5.92 Å². The minimum atomic E-state index is 0.587. The molecule has 18 heavy (non-hydrogen) atoms. The maximum Gasteiger partial charge on any atom is 0.106 e. The third-order valence-electron chi connectivity index (χ3n) is 3.38. The smallest absolute Gasteiger partial charge is 0.106 e. The molecule has 1 aromatic heterocycles. The number of ether oxygens (including phenoxy) is 1. The Bertz CT molecular complexity index is 534. The predicted octanol–water partition coefficient (Wildman–Crippen LogP) is 2.72. The fourth-order valence-corrected chi connectivity index (χ4v) is 3.02. The number of nitrogens with zero attached hydrogens (tertiary/aromatic N) is 1. The van der Waals surface area contributed by atoms with Gasteiger partial charge in [-0.2, -0.15) is 0 Å². The third-order valence-corrected chi connectivity index (χ3v) is 4.17.